The van der Waals surface area contributed by atoms with E-state index in [9.17, 15) is 0 Å². The molecule has 0 unspecified atom stereocenters. The molecule has 0 bridgehead atoms. The molecular weight excluding hydrogens is 161 g/mol. The third-order valence-electron chi connectivity index (χ3n) is 0.937. The van der Waals surface area contributed by atoms with Crippen LogP contribution in [0.5, 0.6) is 5.75 Å². The summed E-state index contributed by atoms with van der Waals surface area (Å²) < 4.78 is 0. The zero-order valence-electron chi connectivity index (χ0n) is 4.65. The summed E-state index contributed by atoms with van der Waals surface area (Å²) in [6, 6.07) is 6.70. The summed E-state index contributed by atoms with van der Waals surface area (Å²) >= 11 is 0. The van der Waals surface area contributed by atoms with Gasteiger partial charge >= 0.3 is 0 Å². The molecule has 1 aromatic rings. The SMILES string of the molecule is Nc1ccccc1O.[Ni]. The van der Waals surface area contributed by atoms with E-state index in [2.05, 4.69) is 0 Å². The van der Waals surface area contributed by atoms with Crippen LogP contribution < -0.4 is 5.73 Å². The average Bonchev–Trinajstić information content (AvgIpc) is 1.77. The smallest absolute Gasteiger partial charge is 0.138 e. The Labute approximate surface area is 63.6 Å². The minimum atomic E-state index is 0. The maximum Gasteiger partial charge on any atom is 0.138 e. The van der Waals surface area contributed by atoms with Crippen LogP contribution in [0.1, 0.15) is 0 Å². The Morgan fingerprint density at radius 3 is 2.11 bits per heavy atom. The van der Waals surface area contributed by atoms with Crippen molar-refractivity contribution in [1.82, 2.24) is 0 Å². The van der Waals surface area contributed by atoms with Crippen LogP contribution in [0, 0.1) is 0 Å². The Bertz CT molecular complexity index is 169. The minimum Gasteiger partial charge on any atom is -0.506 e. The van der Waals surface area contributed by atoms with Crippen molar-refractivity contribution in [2.45, 2.75) is 0 Å². The predicted octanol–water partition coefficient (Wildman–Crippen LogP) is 0.972. The molecule has 1 rings (SSSR count). The normalized spacial score (nSPS) is 8.00. The van der Waals surface area contributed by atoms with Crippen LogP contribution in [0.15, 0.2) is 24.3 Å². The van der Waals surface area contributed by atoms with E-state index < -0.39 is 0 Å². The molecule has 52 valence electrons. The molecule has 1 aromatic carbocycles. The Kier molecular flexibility index (Phi) is 3.10. The molecule has 0 atom stereocenters. The van der Waals surface area contributed by atoms with Crippen LogP contribution in [0.2, 0.25) is 0 Å². The van der Waals surface area contributed by atoms with E-state index in [-0.39, 0.29) is 22.2 Å². The molecule has 2 nitrogen and oxygen atoms in total. The number of benzene rings is 1. The number of rotatable bonds is 0. The van der Waals surface area contributed by atoms with Gasteiger partial charge in [0.2, 0.25) is 0 Å². The fourth-order valence-electron chi connectivity index (χ4n) is 0.488. The molecule has 0 aliphatic carbocycles. The molecular formula is C6H7NNiO. The molecule has 0 amide bonds. The van der Waals surface area contributed by atoms with Crippen LogP contribution in [0.4, 0.5) is 5.69 Å². The second kappa shape index (κ2) is 3.36. The van der Waals surface area contributed by atoms with Crippen LogP contribution in [0.3, 0.4) is 0 Å². The van der Waals surface area contributed by atoms with Crippen molar-refractivity contribution in [3.05, 3.63) is 24.3 Å². The van der Waals surface area contributed by atoms with Crippen molar-refractivity contribution in [2.75, 3.05) is 5.73 Å². The zero-order valence-corrected chi connectivity index (χ0v) is 5.64. The molecule has 3 N–H and O–H groups in total. The fraction of sp³-hybridized carbons (Fsp3) is 0. The largest absolute Gasteiger partial charge is 0.506 e. The molecule has 0 aliphatic rings. The first-order chi connectivity index (χ1) is 3.80. The molecule has 3 heteroatoms. The van der Waals surface area contributed by atoms with E-state index >= 15 is 0 Å². The quantitative estimate of drug-likeness (QED) is 0.344. The number of phenols is 1. The van der Waals surface area contributed by atoms with Crippen LogP contribution in [-0.4, -0.2) is 5.11 Å². The van der Waals surface area contributed by atoms with Gasteiger partial charge in [-0.05, 0) is 12.1 Å². The minimum absolute atomic E-state index is 0. The van der Waals surface area contributed by atoms with Gasteiger partial charge in [0.1, 0.15) is 5.75 Å². The topological polar surface area (TPSA) is 46.2 Å². The Morgan fingerprint density at radius 1 is 1.22 bits per heavy atom. The standard InChI is InChI=1S/C6H7NO.Ni/c7-5-3-1-2-4-6(5)8;/h1-4,8H,7H2;. The molecule has 0 saturated heterocycles. The van der Waals surface area contributed by atoms with Gasteiger partial charge in [-0.25, -0.2) is 0 Å². The summed E-state index contributed by atoms with van der Waals surface area (Å²) in [6.07, 6.45) is 0. The van der Waals surface area contributed by atoms with Gasteiger partial charge in [0.15, 0.2) is 0 Å². The van der Waals surface area contributed by atoms with Crippen molar-refractivity contribution < 1.29 is 21.6 Å². The molecule has 0 aromatic heterocycles. The van der Waals surface area contributed by atoms with E-state index in [0.717, 1.165) is 0 Å². The average molecular weight is 168 g/mol. The first kappa shape index (κ1) is 8.31. The third kappa shape index (κ3) is 1.94. The summed E-state index contributed by atoms with van der Waals surface area (Å²) in [7, 11) is 0. The van der Waals surface area contributed by atoms with Crippen molar-refractivity contribution in [3.63, 3.8) is 0 Å². The van der Waals surface area contributed by atoms with Gasteiger partial charge in [-0.1, -0.05) is 12.1 Å². The number of nitrogens with two attached hydrogens (primary N) is 1. The van der Waals surface area contributed by atoms with Gasteiger partial charge in [-0.15, -0.1) is 0 Å². The number of hydrogen-bond donors (Lipinski definition) is 2. The van der Waals surface area contributed by atoms with Crippen molar-refractivity contribution in [1.29, 1.82) is 0 Å². The molecule has 0 radical (unpaired) electrons. The molecule has 0 aliphatic heterocycles. The summed E-state index contributed by atoms with van der Waals surface area (Å²) in [4.78, 5) is 0. The number of nitrogen functional groups attached to an aromatic ring is 1. The molecule has 0 fully saturated rings. The number of aromatic hydroxyl groups is 1. The van der Waals surface area contributed by atoms with Gasteiger partial charge in [0.05, 0.1) is 5.69 Å². The summed E-state index contributed by atoms with van der Waals surface area (Å²) in [5.41, 5.74) is 5.69. The van der Waals surface area contributed by atoms with Crippen LogP contribution >= 0.6 is 0 Å². The molecule has 0 spiro atoms. The van der Waals surface area contributed by atoms with E-state index in [1.165, 1.54) is 0 Å². The number of para-hydroxylation sites is 2. The first-order valence-electron chi connectivity index (χ1n) is 2.34. The van der Waals surface area contributed by atoms with Gasteiger partial charge in [-0.2, -0.15) is 0 Å². The van der Waals surface area contributed by atoms with Crippen molar-refractivity contribution in [3.8, 4) is 5.75 Å². The van der Waals surface area contributed by atoms with Crippen molar-refractivity contribution in [2.24, 2.45) is 0 Å². The monoisotopic (exact) mass is 167 g/mol. The van der Waals surface area contributed by atoms with Gasteiger partial charge in [0, 0.05) is 16.5 Å². The maximum absolute atomic E-state index is 8.79. The van der Waals surface area contributed by atoms with E-state index in [4.69, 9.17) is 10.8 Å². The Morgan fingerprint density at radius 2 is 1.78 bits per heavy atom. The zero-order chi connectivity index (χ0) is 5.98. The molecule has 0 saturated carbocycles. The first-order valence-corrected chi connectivity index (χ1v) is 2.34. The van der Waals surface area contributed by atoms with Crippen LogP contribution in [-0.2, 0) is 16.5 Å². The number of hydrogen-bond acceptors (Lipinski definition) is 2. The Hall–Kier alpha value is -0.686. The fourth-order valence-corrected chi connectivity index (χ4v) is 0.488. The Balaban J connectivity index is 0.000000640. The molecule has 0 heterocycles. The van der Waals surface area contributed by atoms with E-state index in [0.29, 0.717) is 5.69 Å². The summed E-state index contributed by atoms with van der Waals surface area (Å²) in [5, 5.41) is 8.79. The number of anilines is 1. The third-order valence-corrected chi connectivity index (χ3v) is 0.937. The summed E-state index contributed by atoms with van der Waals surface area (Å²) in [5.74, 6) is 0.146. The predicted molar refractivity (Wildman–Crippen MR) is 32.5 cm³/mol. The maximum atomic E-state index is 8.79. The van der Waals surface area contributed by atoms with Gasteiger partial charge in [0.25, 0.3) is 0 Å². The molecule has 9 heavy (non-hydrogen) atoms. The van der Waals surface area contributed by atoms with E-state index in [1.54, 1.807) is 24.3 Å². The van der Waals surface area contributed by atoms with Gasteiger partial charge < -0.3 is 10.8 Å². The van der Waals surface area contributed by atoms with Gasteiger partial charge in [-0.3, -0.25) is 0 Å². The number of phenolic OH excluding ortho intramolecular Hbond substituents is 1. The second-order valence-corrected chi connectivity index (χ2v) is 1.56. The second-order valence-electron chi connectivity index (χ2n) is 1.56. The van der Waals surface area contributed by atoms with E-state index in [1.807, 2.05) is 0 Å². The summed E-state index contributed by atoms with van der Waals surface area (Å²) in [6.45, 7) is 0. The van der Waals surface area contributed by atoms with Crippen molar-refractivity contribution >= 4 is 5.69 Å². The van der Waals surface area contributed by atoms with Crippen LogP contribution in [0.25, 0.3) is 0 Å².